The van der Waals surface area contributed by atoms with Crippen LogP contribution < -0.4 is 0 Å². The number of carbonyl (C=O) groups is 1. The smallest absolute Gasteiger partial charge is 0.338 e. The monoisotopic (exact) mass is 311 g/mol. The molecule has 5 nitrogen and oxygen atoms in total. The third kappa shape index (κ3) is 3.73. The van der Waals surface area contributed by atoms with Gasteiger partial charge in [-0.1, -0.05) is 25.4 Å². The van der Waals surface area contributed by atoms with Gasteiger partial charge < -0.3 is 4.74 Å². The summed E-state index contributed by atoms with van der Waals surface area (Å²) in [6.07, 6.45) is 2.59. The van der Waals surface area contributed by atoms with E-state index in [4.69, 9.17) is 16.3 Å². The van der Waals surface area contributed by atoms with Crippen LogP contribution in [0.3, 0.4) is 0 Å². The number of hydrogen-bond acceptors (Lipinski definition) is 4. The number of esters is 1. The van der Waals surface area contributed by atoms with Crippen molar-refractivity contribution in [2.24, 2.45) is 11.8 Å². The lowest BCUT2D eigenvalue weighted by atomic mass is 9.80. The Balaban J connectivity index is 2.07. The summed E-state index contributed by atoms with van der Waals surface area (Å²) in [5, 5.41) is 10.8. The van der Waals surface area contributed by atoms with Crippen LogP contribution in [0.5, 0.6) is 0 Å². The van der Waals surface area contributed by atoms with Crippen molar-refractivity contribution in [2.75, 3.05) is 0 Å². The normalized spacial score (nSPS) is 25.4. The van der Waals surface area contributed by atoms with Crippen molar-refractivity contribution in [3.63, 3.8) is 0 Å². The summed E-state index contributed by atoms with van der Waals surface area (Å²) in [5.74, 6) is 0.620. The highest BCUT2D eigenvalue weighted by molar-refractivity contribution is 6.32. The molecule has 6 heteroatoms. The molecule has 0 N–H and O–H groups in total. The third-order valence-electron chi connectivity index (χ3n) is 4.20. The van der Waals surface area contributed by atoms with Crippen LogP contribution in [0.1, 0.15) is 43.5 Å². The Morgan fingerprint density at radius 1 is 1.33 bits per heavy atom. The maximum Gasteiger partial charge on any atom is 0.338 e. The quantitative estimate of drug-likeness (QED) is 0.476. The van der Waals surface area contributed by atoms with Crippen LogP contribution in [-0.4, -0.2) is 17.0 Å². The van der Waals surface area contributed by atoms with Crippen LogP contribution in [0.2, 0.25) is 5.02 Å². The zero-order valence-electron chi connectivity index (χ0n) is 12.0. The van der Waals surface area contributed by atoms with Crippen molar-refractivity contribution in [3.05, 3.63) is 38.9 Å². The predicted molar refractivity (Wildman–Crippen MR) is 79.5 cm³/mol. The van der Waals surface area contributed by atoms with E-state index in [1.165, 1.54) is 18.2 Å². The fourth-order valence-corrected chi connectivity index (χ4v) is 2.79. The molecule has 1 aromatic carbocycles. The van der Waals surface area contributed by atoms with Crippen LogP contribution in [0, 0.1) is 22.0 Å². The second-order valence-electron chi connectivity index (χ2n) is 5.72. The topological polar surface area (TPSA) is 69.4 Å². The van der Waals surface area contributed by atoms with Crippen LogP contribution in [0.25, 0.3) is 0 Å². The lowest BCUT2D eigenvalue weighted by Crippen LogP contribution is -2.28. The maximum absolute atomic E-state index is 12.1. The minimum atomic E-state index is -0.608. The summed E-state index contributed by atoms with van der Waals surface area (Å²) < 4.78 is 5.47. The lowest BCUT2D eigenvalue weighted by Gasteiger charge is -2.31. The minimum absolute atomic E-state index is 0.0108. The second-order valence-corrected chi connectivity index (χ2v) is 6.13. The Labute approximate surface area is 128 Å². The Hall–Kier alpha value is -1.62. The second kappa shape index (κ2) is 6.43. The molecule has 2 rings (SSSR count). The first kappa shape index (κ1) is 15.8. The molecular formula is C15H18ClNO4. The molecule has 1 aromatic rings. The van der Waals surface area contributed by atoms with E-state index < -0.39 is 10.9 Å². The summed E-state index contributed by atoms with van der Waals surface area (Å²) in [5.41, 5.74) is -0.117. The predicted octanol–water partition coefficient (Wildman–Crippen LogP) is 4.23. The molecule has 0 spiro atoms. The van der Waals surface area contributed by atoms with Gasteiger partial charge in [0.1, 0.15) is 11.1 Å². The number of carbonyl (C=O) groups excluding carboxylic acids is 1. The molecule has 0 amide bonds. The molecule has 0 aromatic heterocycles. The van der Waals surface area contributed by atoms with Gasteiger partial charge in [0.2, 0.25) is 0 Å². The van der Waals surface area contributed by atoms with E-state index in [1.807, 2.05) is 0 Å². The summed E-state index contributed by atoms with van der Waals surface area (Å²) in [6, 6.07) is 3.97. The third-order valence-corrected chi connectivity index (χ3v) is 4.52. The molecule has 114 valence electrons. The minimum Gasteiger partial charge on any atom is -0.459 e. The van der Waals surface area contributed by atoms with Crippen LogP contribution in [-0.2, 0) is 4.74 Å². The van der Waals surface area contributed by atoms with Gasteiger partial charge in [-0.2, -0.15) is 0 Å². The highest BCUT2D eigenvalue weighted by Gasteiger charge is 2.28. The number of ether oxygens (including phenoxy) is 1. The van der Waals surface area contributed by atoms with E-state index in [0.717, 1.165) is 19.3 Å². The molecule has 1 saturated carbocycles. The first-order chi connectivity index (χ1) is 9.88. The molecule has 0 heterocycles. The van der Waals surface area contributed by atoms with Crippen molar-refractivity contribution in [1.82, 2.24) is 0 Å². The largest absolute Gasteiger partial charge is 0.459 e. The van der Waals surface area contributed by atoms with Crippen LogP contribution in [0.15, 0.2) is 18.2 Å². The van der Waals surface area contributed by atoms with Crippen molar-refractivity contribution in [3.8, 4) is 0 Å². The molecule has 0 aliphatic heterocycles. The molecule has 1 aliphatic carbocycles. The molecular weight excluding hydrogens is 294 g/mol. The molecule has 21 heavy (non-hydrogen) atoms. The van der Waals surface area contributed by atoms with Crippen LogP contribution >= 0.6 is 11.6 Å². The van der Waals surface area contributed by atoms with Crippen molar-refractivity contribution in [1.29, 1.82) is 0 Å². The van der Waals surface area contributed by atoms with Gasteiger partial charge in [-0.3, -0.25) is 10.1 Å². The number of rotatable bonds is 3. The zero-order chi connectivity index (χ0) is 15.6. The lowest BCUT2D eigenvalue weighted by molar-refractivity contribution is -0.384. The summed E-state index contributed by atoms with van der Waals surface area (Å²) in [4.78, 5) is 22.3. The fourth-order valence-electron chi connectivity index (χ4n) is 2.60. The van der Waals surface area contributed by atoms with Gasteiger partial charge in [0.25, 0.3) is 5.69 Å². The number of hydrogen-bond donors (Lipinski definition) is 0. The average molecular weight is 312 g/mol. The zero-order valence-corrected chi connectivity index (χ0v) is 12.8. The van der Waals surface area contributed by atoms with Gasteiger partial charge in [0.15, 0.2) is 0 Å². The first-order valence-corrected chi connectivity index (χ1v) is 7.41. The summed E-state index contributed by atoms with van der Waals surface area (Å²) in [7, 11) is 0. The number of nitro benzene ring substituents is 1. The average Bonchev–Trinajstić information content (AvgIpc) is 2.43. The molecule has 3 unspecified atom stereocenters. The van der Waals surface area contributed by atoms with Gasteiger partial charge in [-0.25, -0.2) is 4.79 Å². The van der Waals surface area contributed by atoms with E-state index in [9.17, 15) is 14.9 Å². The number of benzene rings is 1. The van der Waals surface area contributed by atoms with Gasteiger partial charge >= 0.3 is 5.97 Å². The SMILES string of the molecule is CC1CCC(OC(=O)c2ccc(Cl)c([N+](=O)[O-])c2)CC1C. The van der Waals surface area contributed by atoms with E-state index >= 15 is 0 Å². The molecule has 0 radical (unpaired) electrons. The van der Waals surface area contributed by atoms with Gasteiger partial charge in [-0.15, -0.1) is 0 Å². The Bertz CT molecular complexity index is 561. The molecule has 3 atom stereocenters. The standard InChI is InChI=1S/C15H18ClNO4/c1-9-3-5-12(7-10(9)2)21-15(18)11-4-6-13(16)14(8-11)17(19)20/h4,6,8-10,12H,3,5,7H2,1-2H3. The molecule has 0 bridgehead atoms. The summed E-state index contributed by atoms with van der Waals surface area (Å²) >= 11 is 5.73. The molecule has 1 aliphatic rings. The highest BCUT2D eigenvalue weighted by Crippen LogP contribution is 2.32. The first-order valence-electron chi connectivity index (χ1n) is 7.03. The maximum atomic E-state index is 12.1. The van der Waals surface area contributed by atoms with Gasteiger partial charge in [0, 0.05) is 6.07 Å². The van der Waals surface area contributed by atoms with Crippen molar-refractivity contribution in [2.45, 2.75) is 39.2 Å². The molecule has 0 saturated heterocycles. The van der Waals surface area contributed by atoms with Crippen LogP contribution in [0.4, 0.5) is 5.69 Å². The van der Waals surface area contributed by atoms with Crippen molar-refractivity contribution < 1.29 is 14.5 Å². The van der Waals surface area contributed by atoms with Gasteiger partial charge in [-0.05, 0) is 43.2 Å². The number of nitro groups is 1. The number of halogens is 1. The summed E-state index contributed by atoms with van der Waals surface area (Å²) in [6.45, 7) is 4.35. The van der Waals surface area contributed by atoms with Gasteiger partial charge in [0.05, 0.1) is 10.5 Å². The highest BCUT2D eigenvalue weighted by atomic mass is 35.5. The molecule has 1 fully saturated rings. The van der Waals surface area contributed by atoms with E-state index in [1.54, 1.807) is 0 Å². The van der Waals surface area contributed by atoms with Crippen molar-refractivity contribution >= 4 is 23.3 Å². The van der Waals surface area contributed by atoms with E-state index in [2.05, 4.69) is 13.8 Å². The number of nitrogens with zero attached hydrogens (tertiary/aromatic N) is 1. The fraction of sp³-hybridized carbons (Fsp3) is 0.533. The van der Waals surface area contributed by atoms with E-state index in [-0.39, 0.29) is 22.4 Å². The Morgan fingerprint density at radius 3 is 2.67 bits per heavy atom. The Morgan fingerprint density at radius 2 is 2.05 bits per heavy atom. The van der Waals surface area contributed by atoms with E-state index in [0.29, 0.717) is 11.8 Å². The Kier molecular flexibility index (Phi) is 4.83.